The summed E-state index contributed by atoms with van der Waals surface area (Å²) in [7, 11) is 0. The standard InChI is InChI=1S/C31H29NO4/c1-2-3-17-32-31(22-7-5-4-6-8-22,29-25-13-11-23(33)18-20(25)9-15-27(29)35)30-26-14-12-24(34)19-21(26)10-16-28(30)36/h4-16,18-19,32-36H,2-3,17H2,1H3. The van der Waals surface area contributed by atoms with E-state index >= 15 is 0 Å². The van der Waals surface area contributed by atoms with Gasteiger partial charge in [-0.05, 0) is 76.5 Å². The van der Waals surface area contributed by atoms with Crippen LogP contribution in [0.25, 0.3) is 21.5 Å². The SMILES string of the molecule is CCCCNC(c1ccccc1)(c1c(O)ccc2cc(O)ccc12)c1c(O)ccc2cc(O)ccc12. The Labute approximate surface area is 209 Å². The molecule has 0 aliphatic rings. The number of nitrogens with one attached hydrogen (secondary N) is 1. The van der Waals surface area contributed by atoms with E-state index in [9.17, 15) is 20.4 Å². The Morgan fingerprint density at radius 2 is 1.17 bits per heavy atom. The summed E-state index contributed by atoms with van der Waals surface area (Å²) < 4.78 is 0. The quantitative estimate of drug-likeness (QED) is 0.136. The summed E-state index contributed by atoms with van der Waals surface area (Å²) in [5.41, 5.74) is 0.849. The summed E-state index contributed by atoms with van der Waals surface area (Å²) in [6.45, 7) is 2.73. The maximum Gasteiger partial charge on any atom is 0.121 e. The van der Waals surface area contributed by atoms with Gasteiger partial charge in [-0.25, -0.2) is 0 Å². The molecule has 0 unspecified atom stereocenters. The van der Waals surface area contributed by atoms with Crippen molar-refractivity contribution in [2.45, 2.75) is 25.3 Å². The van der Waals surface area contributed by atoms with Gasteiger partial charge >= 0.3 is 0 Å². The van der Waals surface area contributed by atoms with Gasteiger partial charge < -0.3 is 20.4 Å². The molecule has 5 aromatic rings. The Morgan fingerprint density at radius 3 is 1.67 bits per heavy atom. The fourth-order valence-corrected chi connectivity index (χ4v) is 5.23. The molecule has 36 heavy (non-hydrogen) atoms. The van der Waals surface area contributed by atoms with Crippen LogP contribution < -0.4 is 5.32 Å². The van der Waals surface area contributed by atoms with Gasteiger partial charge in [0, 0.05) is 11.1 Å². The van der Waals surface area contributed by atoms with Crippen LogP contribution in [-0.4, -0.2) is 27.0 Å². The molecule has 0 saturated carbocycles. The van der Waals surface area contributed by atoms with Crippen LogP contribution in [0.5, 0.6) is 23.0 Å². The molecular weight excluding hydrogens is 450 g/mol. The van der Waals surface area contributed by atoms with Crippen LogP contribution in [0.3, 0.4) is 0 Å². The van der Waals surface area contributed by atoms with E-state index in [1.807, 2.05) is 30.3 Å². The molecule has 0 radical (unpaired) electrons. The second kappa shape index (κ2) is 9.44. The molecule has 0 fully saturated rings. The lowest BCUT2D eigenvalue weighted by Gasteiger charge is -2.39. The minimum absolute atomic E-state index is 0.0659. The molecule has 0 bridgehead atoms. The zero-order valence-electron chi connectivity index (χ0n) is 20.1. The number of benzene rings is 5. The lowest BCUT2D eigenvalue weighted by Crippen LogP contribution is -2.45. The highest BCUT2D eigenvalue weighted by Crippen LogP contribution is 2.50. The number of fused-ring (bicyclic) bond motifs is 2. The van der Waals surface area contributed by atoms with Gasteiger partial charge in [0.15, 0.2) is 0 Å². The highest BCUT2D eigenvalue weighted by molar-refractivity contribution is 5.95. The number of aromatic hydroxyl groups is 4. The van der Waals surface area contributed by atoms with E-state index in [-0.39, 0.29) is 23.0 Å². The van der Waals surface area contributed by atoms with Crippen molar-refractivity contribution in [2.75, 3.05) is 6.54 Å². The largest absolute Gasteiger partial charge is 0.508 e. The van der Waals surface area contributed by atoms with Crippen LogP contribution in [0.4, 0.5) is 0 Å². The molecule has 0 atom stereocenters. The Kier molecular flexibility index (Phi) is 6.17. The average molecular weight is 480 g/mol. The maximum absolute atomic E-state index is 11.5. The molecule has 5 heteroatoms. The first-order valence-electron chi connectivity index (χ1n) is 12.2. The van der Waals surface area contributed by atoms with Crippen LogP contribution in [0, 0.1) is 0 Å². The molecule has 0 spiro atoms. The lowest BCUT2D eigenvalue weighted by molar-refractivity contribution is 0.402. The van der Waals surface area contributed by atoms with Crippen molar-refractivity contribution in [3.05, 3.63) is 108 Å². The number of rotatable bonds is 7. The molecule has 5 rings (SSSR count). The van der Waals surface area contributed by atoms with E-state index in [1.54, 1.807) is 60.7 Å². The second-order valence-corrected chi connectivity index (χ2v) is 9.13. The van der Waals surface area contributed by atoms with Crippen LogP contribution >= 0.6 is 0 Å². The van der Waals surface area contributed by atoms with E-state index in [0.717, 1.165) is 39.9 Å². The van der Waals surface area contributed by atoms with Crippen molar-refractivity contribution in [3.63, 3.8) is 0 Å². The van der Waals surface area contributed by atoms with Gasteiger partial charge in [0.25, 0.3) is 0 Å². The summed E-state index contributed by atoms with van der Waals surface area (Å²) in [5, 5.41) is 50.0. The molecule has 0 amide bonds. The fraction of sp³-hybridized carbons (Fsp3) is 0.161. The van der Waals surface area contributed by atoms with E-state index in [2.05, 4.69) is 12.2 Å². The third kappa shape index (κ3) is 3.88. The minimum atomic E-state index is -1.16. The molecule has 5 N–H and O–H groups in total. The summed E-state index contributed by atoms with van der Waals surface area (Å²) in [6, 6.07) is 26.7. The number of phenols is 4. The van der Waals surface area contributed by atoms with Crippen molar-refractivity contribution in [1.82, 2.24) is 5.32 Å². The van der Waals surface area contributed by atoms with E-state index in [4.69, 9.17) is 0 Å². The molecule has 5 nitrogen and oxygen atoms in total. The average Bonchev–Trinajstić information content (AvgIpc) is 2.88. The van der Waals surface area contributed by atoms with Crippen LogP contribution in [0.15, 0.2) is 91.0 Å². The molecule has 0 heterocycles. The summed E-state index contributed by atoms with van der Waals surface area (Å²) in [4.78, 5) is 0. The van der Waals surface area contributed by atoms with Gasteiger partial charge in [0.2, 0.25) is 0 Å². The van der Waals surface area contributed by atoms with Crippen LogP contribution in [0.1, 0.15) is 36.5 Å². The van der Waals surface area contributed by atoms with Crippen molar-refractivity contribution >= 4 is 21.5 Å². The van der Waals surface area contributed by atoms with Crippen molar-refractivity contribution < 1.29 is 20.4 Å². The van der Waals surface area contributed by atoms with Crippen molar-refractivity contribution in [1.29, 1.82) is 0 Å². The fourth-order valence-electron chi connectivity index (χ4n) is 5.23. The molecule has 5 aromatic carbocycles. The number of phenolic OH excluding ortho intramolecular Hbond substituents is 4. The number of hydrogen-bond donors (Lipinski definition) is 5. The smallest absolute Gasteiger partial charge is 0.121 e. The zero-order valence-corrected chi connectivity index (χ0v) is 20.1. The third-order valence-corrected chi connectivity index (χ3v) is 6.84. The first-order chi connectivity index (χ1) is 17.5. The van der Waals surface area contributed by atoms with E-state index < -0.39 is 5.54 Å². The number of hydrogen-bond acceptors (Lipinski definition) is 5. The van der Waals surface area contributed by atoms with Gasteiger partial charge in [-0.3, -0.25) is 5.32 Å². The van der Waals surface area contributed by atoms with Gasteiger partial charge in [0.05, 0.1) is 0 Å². The van der Waals surface area contributed by atoms with Gasteiger partial charge in [-0.15, -0.1) is 0 Å². The van der Waals surface area contributed by atoms with E-state index in [1.165, 1.54) is 0 Å². The third-order valence-electron chi connectivity index (χ3n) is 6.84. The molecular formula is C31H29NO4. The molecule has 0 aliphatic carbocycles. The predicted octanol–water partition coefficient (Wildman–Crippen LogP) is 6.50. The second-order valence-electron chi connectivity index (χ2n) is 9.13. The molecule has 182 valence electrons. The Bertz CT molecular complexity index is 1450. The first-order valence-corrected chi connectivity index (χ1v) is 12.2. The highest BCUT2D eigenvalue weighted by atomic mass is 16.3. The highest BCUT2D eigenvalue weighted by Gasteiger charge is 2.42. The summed E-state index contributed by atoms with van der Waals surface area (Å²) >= 11 is 0. The van der Waals surface area contributed by atoms with Gasteiger partial charge in [-0.2, -0.15) is 0 Å². The Morgan fingerprint density at radius 1 is 0.639 bits per heavy atom. The van der Waals surface area contributed by atoms with Crippen molar-refractivity contribution in [2.24, 2.45) is 0 Å². The first kappa shape index (κ1) is 23.5. The lowest BCUT2D eigenvalue weighted by atomic mass is 9.72. The monoisotopic (exact) mass is 479 g/mol. The normalized spacial score (nSPS) is 11.8. The topological polar surface area (TPSA) is 93.0 Å². The van der Waals surface area contributed by atoms with Gasteiger partial charge in [-0.1, -0.05) is 67.9 Å². The molecule has 0 saturated heterocycles. The Balaban J connectivity index is 1.99. The summed E-state index contributed by atoms with van der Waals surface area (Å²) in [5.74, 6) is 0.395. The predicted molar refractivity (Wildman–Crippen MR) is 144 cm³/mol. The zero-order chi connectivity index (χ0) is 25.3. The Hall–Kier alpha value is -4.22. The summed E-state index contributed by atoms with van der Waals surface area (Å²) in [6.07, 6.45) is 1.84. The molecule has 0 aliphatic heterocycles. The van der Waals surface area contributed by atoms with Gasteiger partial charge in [0.1, 0.15) is 28.5 Å². The maximum atomic E-state index is 11.5. The van der Waals surface area contributed by atoms with Crippen LogP contribution in [-0.2, 0) is 5.54 Å². The minimum Gasteiger partial charge on any atom is -0.508 e. The van der Waals surface area contributed by atoms with Crippen LogP contribution in [0.2, 0.25) is 0 Å². The van der Waals surface area contributed by atoms with Crippen molar-refractivity contribution in [3.8, 4) is 23.0 Å². The number of unbranched alkanes of at least 4 members (excludes halogenated alkanes) is 1. The van der Waals surface area contributed by atoms with E-state index in [0.29, 0.717) is 17.7 Å². The molecule has 0 aromatic heterocycles.